The summed E-state index contributed by atoms with van der Waals surface area (Å²) in [7, 11) is -3.26. The molecule has 1 fully saturated rings. The van der Waals surface area contributed by atoms with E-state index in [0.29, 0.717) is 24.2 Å². The molecule has 2 aliphatic heterocycles. The topological polar surface area (TPSA) is 133 Å². The molecule has 182 valence electrons. The minimum Gasteiger partial charge on any atom is -0.465 e. The maximum atomic E-state index is 15.2. The lowest BCUT2D eigenvalue weighted by Gasteiger charge is -2.51. The number of hydrogen-bond acceptors (Lipinski definition) is 5. The van der Waals surface area contributed by atoms with Gasteiger partial charge in [0.2, 0.25) is 0 Å². The van der Waals surface area contributed by atoms with E-state index in [0.717, 1.165) is 5.69 Å². The number of aliphatic imine (C=N–C) groups is 1. The highest BCUT2D eigenvalue weighted by molar-refractivity contribution is 8.04. The van der Waals surface area contributed by atoms with Crippen LogP contribution in [0.4, 0.5) is 14.9 Å². The Labute approximate surface area is 197 Å². The number of pyridine rings is 1. The number of hydrogen-bond donors (Lipinski definition) is 5. The molecule has 4 N–H and O–H groups in total. The van der Waals surface area contributed by atoms with Crippen molar-refractivity contribution in [1.29, 1.82) is 0 Å². The fraction of sp³-hybridized carbons (Fsp3) is 0.391. The van der Waals surface area contributed by atoms with E-state index in [9.17, 15) is 18.9 Å². The Morgan fingerprint density at radius 3 is 2.59 bits per heavy atom. The molecule has 0 radical (unpaired) electrons. The van der Waals surface area contributed by atoms with Gasteiger partial charge in [-0.1, -0.05) is 0 Å². The third-order valence-corrected chi connectivity index (χ3v) is 11.0. The minimum absolute atomic E-state index is 0.0102. The summed E-state index contributed by atoms with van der Waals surface area (Å²) in [6.07, 6.45) is 0.590. The highest BCUT2D eigenvalue weighted by Crippen LogP contribution is 2.49. The average molecular weight is 490 g/mol. The predicted octanol–water partition coefficient (Wildman–Crippen LogP) is 2.75. The van der Waals surface area contributed by atoms with Crippen molar-refractivity contribution in [2.24, 2.45) is 4.99 Å². The van der Waals surface area contributed by atoms with Crippen LogP contribution in [0.1, 0.15) is 48.8 Å². The third-order valence-electron chi connectivity index (χ3n) is 6.77. The zero-order valence-electron chi connectivity index (χ0n) is 19.3. The lowest BCUT2D eigenvalue weighted by Crippen LogP contribution is -2.65. The van der Waals surface area contributed by atoms with E-state index >= 15 is 4.39 Å². The average Bonchev–Trinajstić information content (AvgIpc) is 3.18. The predicted molar refractivity (Wildman–Crippen MR) is 129 cm³/mol. The Hall–Kier alpha value is -3.18. The Morgan fingerprint density at radius 2 is 1.94 bits per heavy atom. The smallest absolute Gasteiger partial charge is 0.410 e. The number of carbonyl (C=O) groups is 2. The van der Waals surface area contributed by atoms with Crippen LogP contribution in [0.15, 0.2) is 41.5 Å². The molecule has 0 bridgehead atoms. The zero-order chi connectivity index (χ0) is 24.9. The normalized spacial score (nSPS) is 25.6. The second-order valence-electron chi connectivity index (χ2n) is 9.30. The number of amidine groups is 1. The quantitative estimate of drug-likeness (QED) is 0.423. The van der Waals surface area contributed by atoms with Gasteiger partial charge in [-0.25, -0.2) is 9.18 Å². The van der Waals surface area contributed by atoms with Gasteiger partial charge in [0.05, 0.1) is 15.6 Å². The summed E-state index contributed by atoms with van der Waals surface area (Å²) in [5.74, 6) is -0.991. The first kappa shape index (κ1) is 24.0. The molecule has 1 aromatic heterocycles. The molecule has 0 spiro atoms. The molecule has 34 heavy (non-hydrogen) atoms. The van der Waals surface area contributed by atoms with Gasteiger partial charge in [0.25, 0.3) is 5.91 Å². The summed E-state index contributed by atoms with van der Waals surface area (Å²) in [4.78, 5) is 32.9. The van der Waals surface area contributed by atoms with Crippen LogP contribution in [0, 0.1) is 12.7 Å². The number of nitrogens with zero attached hydrogens (tertiary/aromatic N) is 2. The van der Waals surface area contributed by atoms with E-state index in [1.165, 1.54) is 24.4 Å². The van der Waals surface area contributed by atoms with Gasteiger partial charge < -0.3 is 10.4 Å². The Morgan fingerprint density at radius 1 is 1.21 bits per heavy atom. The molecule has 2 aromatic rings. The number of halogens is 1. The van der Waals surface area contributed by atoms with Gasteiger partial charge in [-0.3, -0.25) is 29.0 Å². The van der Waals surface area contributed by atoms with Crippen LogP contribution in [-0.2, 0) is 15.7 Å². The van der Waals surface area contributed by atoms with Gasteiger partial charge >= 0.3 is 6.09 Å². The number of anilines is 1. The molecule has 0 saturated carbocycles. The lowest BCUT2D eigenvalue weighted by molar-refractivity contribution is 0.102. The second-order valence-corrected chi connectivity index (χ2v) is 12.7. The molecule has 0 unspecified atom stereocenters. The fourth-order valence-corrected chi connectivity index (χ4v) is 8.48. The molecule has 4 rings (SSSR count). The molecule has 2 amide bonds. The van der Waals surface area contributed by atoms with Crippen molar-refractivity contribution < 1.29 is 23.3 Å². The van der Waals surface area contributed by atoms with Crippen molar-refractivity contribution in [3.05, 3.63) is 59.2 Å². The maximum absolute atomic E-state index is 15.2. The van der Waals surface area contributed by atoms with E-state index in [1.807, 2.05) is 6.92 Å². The van der Waals surface area contributed by atoms with Gasteiger partial charge in [-0.05, 0) is 74.6 Å². The molecule has 11 heteroatoms. The number of carbonyl (C=O) groups excluding carboxylic acids is 1. The molecule has 9 nitrogen and oxygen atoms in total. The third kappa shape index (κ3) is 3.78. The van der Waals surface area contributed by atoms with Crippen molar-refractivity contribution in [2.75, 3.05) is 11.9 Å². The van der Waals surface area contributed by atoms with E-state index in [1.54, 1.807) is 32.9 Å². The number of benzene rings is 1. The number of rotatable bonds is 3. The van der Waals surface area contributed by atoms with Crippen molar-refractivity contribution in [3.8, 4) is 0 Å². The minimum atomic E-state index is -3.26. The fourth-order valence-electron chi connectivity index (χ4n) is 4.80. The summed E-state index contributed by atoms with van der Waals surface area (Å²) in [6, 6.07) is 7.47. The number of aromatic nitrogens is 1. The van der Waals surface area contributed by atoms with Gasteiger partial charge in [-0.2, -0.15) is 0 Å². The maximum Gasteiger partial charge on any atom is 0.410 e. The number of thiol groups is 1. The Balaban J connectivity index is 1.79. The Bertz CT molecular complexity index is 1250. The van der Waals surface area contributed by atoms with Crippen LogP contribution >= 0.6 is 0 Å². The highest BCUT2D eigenvalue weighted by Gasteiger charge is 2.59. The van der Waals surface area contributed by atoms with E-state index < -0.39 is 43.5 Å². The van der Waals surface area contributed by atoms with Crippen LogP contribution in [0.25, 0.3) is 0 Å². The monoisotopic (exact) mass is 489 g/mol. The van der Waals surface area contributed by atoms with Crippen LogP contribution in [-0.4, -0.2) is 48.7 Å². The molecule has 3 heterocycles. The van der Waals surface area contributed by atoms with Gasteiger partial charge in [0.15, 0.2) is 0 Å². The van der Waals surface area contributed by atoms with Gasteiger partial charge in [0.1, 0.15) is 17.2 Å². The van der Waals surface area contributed by atoms with Gasteiger partial charge in [-0.15, -0.1) is 0 Å². The number of nitrogens with one attached hydrogen (secondary N) is 3. The van der Waals surface area contributed by atoms with E-state index in [4.69, 9.17) is 0 Å². The molecular formula is C23H28FN5O4S. The van der Waals surface area contributed by atoms with E-state index in [2.05, 4.69) is 25.3 Å². The molecule has 2 aliphatic rings. The number of aryl methyl sites for hydroxylation is 1. The van der Waals surface area contributed by atoms with E-state index in [-0.39, 0.29) is 11.4 Å². The molecular weight excluding hydrogens is 461 g/mol. The molecule has 0 aliphatic carbocycles. The number of fused-ring (bicyclic) bond motifs is 1. The first-order valence-electron chi connectivity index (χ1n) is 10.9. The van der Waals surface area contributed by atoms with Crippen LogP contribution < -0.4 is 15.4 Å². The summed E-state index contributed by atoms with van der Waals surface area (Å²) < 4.78 is 31.4. The summed E-state index contributed by atoms with van der Waals surface area (Å²) in [6.45, 7) is 7.26. The number of amides is 2. The summed E-state index contributed by atoms with van der Waals surface area (Å²) in [5, 5.41) is 13.8. The van der Waals surface area contributed by atoms with Gasteiger partial charge in [0, 0.05) is 29.7 Å². The zero-order valence-corrected chi connectivity index (χ0v) is 20.2. The second kappa shape index (κ2) is 8.24. The Kier molecular flexibility index (Phi) is 5.81. The first-order chi connectivity index (χ1) is 15.9. The van der Waals surface area contributed by atoms with Crippen molar-refractivity contribution in [3.63, 3.8) is 0 Å². The van der Waals surface area contributed by atoms with Crippen molar-refractivity contribution in [2.45, 2.75) is 49.7 Å². The largest absolute Gasteiger partial charge is 0.465 e. The van der Waals surface area contributed by atoms with Crippen molar-refractivity contribution in [1.82, 2.24) is 15.0 Å². The first-order valence-corrected chi connectivity index (χ1v) is 12.7. The summed E-state index contributed by atoms with van der Waals surface area (Å²) in [5.41, 5.74) is 0.241. The molecule has 1 aromatic carbocycles. The molecule has 2 atom stereocenters. The van der Waals surface area contributed by atoms with Crippen molar-refractivity contribution >= 4 is 33.6 Å². The highest BCUT2D eigenvalue weighted by atomic mass is 32.3. The van der Waals surface area contributed by atoms with Crippen LogP contribution in [0.2, 0.25) is 0 Å². The lowest BCUT2D eigenvalue weighted by atomic mass is 9.85. The van der Waals surface area contributed by atoms with Crippen LogP contribution in [0.5, 0.6) is 0 Å². The SMILES string of the molecule is Cc1ccc(C(=O)Nc2ccc(F)c([C@@]3(C)N=C(NC(=O)O)C(C)(C)[SH]4(=O)NCC[C@@H]34)c2)cn1. The standard InChI is InChI=1S/C23H28FN5O4S/c1-13-5-6-14(12-25-13)19(30)27-15-7-8-17(24)16(11-15)23(4)18-9-10-26-34(18,33)22(2,3)20(29-23)28-21(31)32/h5-8,11-12,18,34H,9-10H2,1-4H3,(H,26,33)(H,27,30)(H,28,29)(H,31,32)/t18-,23+/m0/s1. The summed E-state index contributed by atoms with van der Waals surface area (Å²) >= 11 is 0. The van der Waals surface area contributed by atoms with Crippen LogP contribution in [0.3, 0.4) is 0 Å². The number of carboxylic acid groups (broad SMARTS) is 1. The molecule has 1 saturated heterocycles.